The lowest BCUT2D eigenvalue weighted by Gasteiger charge is -2.13. The number of hydrogen-bond acceptors (Lipinski definition) is 4. The molecule has 1 aromatic heterocycles. The molecule has 2 N–H and O–H groups in total. The van der Waals surface area contributed by atoms with Gasteiger partial charge in [0.15, 0.2) is 0 Å². The highest BCUT2D eigenvalue weighted by molar-refractivity contribution is 6.17. The van der Waals surface area contributed by atoms with Crippen LogP contribution >= 0.6 is 0 Å². The maximum Gasteiger partial charge on any atom is 0.340 e. The molecule has 1 amide bonds. The summed E-state index contributed by atoms with van der Waals surface area (Å²) in [6.07, 6.45) is 1.69. The molecule has 0 saturated carbocycles. The number of aromatic nitrogens is 1. The number of carboxylic acid groups (broad SMARTS) is 1. The van der Waals surface area contributed by atoms with Gasteiger partial charge < -0.3 is 19.7 Å². The number of nitrogens with zero attached hydrogens (tertiary/aromatic N) is 1. The number of esters is 1. The van der Waals surface area contributed by atoms with E-state index in [0.29, 0.717) is 5.52 Å². The predicted octanol–water partition coefficient (Wildman–Crippen LogP) is 3.85. The second-order valence-electron chi connectivity index (χ2n) is 6.06. The second-order valence-corrected chi connectivity index (χ2v) is 6.06. The van der Waals surface area contributed by atoms with Crippen molar-refractivity contribution in [1.29, 1.82) is 0 Å². The Morgan fingerprint density at radius 1 is 1.07 bits per heavy atom. The monoisotopic (exact) mass is 380 g/mol. The van der Waals surface area contributed by atoms with Gasteiger partial charge in [0.2, 0.25) is 5.91 Å². The number of carbonyl (C=O) groups excluding carboxylic acids is 2. The summed E-state index contributed by atoms with van der Waals surface area (Å²) >= 11 is 0. The molecule has 0 radical (unpaired) electrons. The molecule has 3 rings (SSSR count). The topological polar surface area (TPSA) is 97.6 Å². The highest BCUT2D eigenvalue weighted by atomic mass is 16.5. The number of fused-ring (bicyclic) bond motifs is 1. The Balaban J connectivity index is 2.35. The summed E-state index contributed by atoms with van der Waals surface area (Å²) in [6.45, 7) is 3.47. The molecule has 0 bridgehead atoms. The van der Waals surface area contributed by atoms with Crippen molar-refractivity contribution in [2.75, 3.05) is 11.9 Å². The molecule has 0 spiro atoms. The predicted molar refractivity (Wildman–Crippen MR) is 105 cm³/mol. The Labute approximate surface area is 161 Å². The van der Waals surface area contributed by atoms with E-state index < -0.39 is 11.9 Å². The van der Waals surface area contributed by atoms with Crippen LogP contribution in [0.2, 0.25) is 0 Å². The first-order valence-corrected chi connectivity index (χ1v) is 8.91. The van der Waals surface area contributed by atoms with E-state index in [-0.39, 0.29) is 41.1 Å². The number of carboxylic acids is 1. The molecule has 0 atom stereocenters. The van der Waals surface area contributed by atoms with Gasteiger partial charge in [-0.3, -0.25) is 4.79 Å². The molecule has 2 aromatic carbocycles. The number of anilines is 1. The van der Waals surface area contributed by atoms with Crippen LogP contribution in [-0.2, 0) is 9.53 Å². The van der Waals surface area contributed by atoms with Crippen molar-refractivity contribution in [1.82, 2.24) is 4.57 Å². The Hall–Kier alpha value is -3.61. The molecule has 0 unspecified atom stereocenters. The highest BCUT2D eigenvalue weighted by Crippen LogP contribution is 2.33. The fourth-order valence-electron chi connectivity index (χ4n) is 3.05. The second kappa shape index (κ2) is 7.96. The summed E-state index contributed by atoms with van der Waals surface area (Å²) in [5.74, 6) is -2.15. The summed E-state index contributed by atoms with van der Waals surface area (Å²) in [4.78, 5) is 36.5. The molecular weight excluding hydrogens is 360 g/mol. The third-order valence-corrected chi connectivity index (χ3v) is 4.31. The van der Waals surface area contributed by atoms with E-state index in [2.05, 4.69) is 5.32 Å². The van der Waals surface area contributed by atoms with E-state index in [1.165, 1.54) is 6.20 Å². The zero-order valence-corrected chi connectivity index (χ0v) is 15.6. The standard InChI is InChI=1S/C21H20N2O5/c1-3-17(24)22-15-10-11-16-18(19(15)21(27)28-4-2)14(20(25)26)12-23(16)13-8-6-5-7-9-13/h5-12H,3-4H2,1-2H3,(H,22,24)(H,25,26). The number of ether oxygens (including phenoxy) is 1. The Morgan fingerprint density at radius 2 is 1.79 bits per heavy atom. The SMILES string of the molecule is CCOC(=O)c1c(NC(=O)CC)ccc2c1c(C(=O)O)cn2-c1ccccc1. The molecule has 144 valence electrons. The van der Waals surface area contributed by atoms with E-state index >= 15 is 0 Å². The normalized spacial score (nSPS) is 10.6. The fourth-order valence-corrected chi connectivity index (χ4v) is 3.05. The van der Waals surface area contributed by atoms with Crippen molar-refractivity contribution < 1.29 is 24.2 Å². The van der Waals surface area contributed by atoms with E-state index in [4.69, 9.17) is 4.74 Å². The van der Waals surface area contributed by atoms with Gasteiger partial charge in [-0.15, -0.1) is 0 Å². The van der Waals surface area contributed by atoms with Crippen LogP contribution in [-0.4, -0.2) is 34.1 Å². The lowest BCUT2D eigenvalue weighted by Crippen LogP contribution is -2.15. The largest absolute Gasteiger partial charge is 0.478 e. The molecule has 0 aliphatic rings. The molecule has 0 fully saturated rings. The quantitative estimate of drug-likeness (QED) is 0.633. The number of aromatic carboxylic acids is 1. The molecule has 0 aliphatic heterocycles. The average Bonchev–Trinajstić information content (AvgIpc) is 3.08. The van der Waals surface area contributed by atoms with Gasteiger partial charge in [0.05, 0.1) is 28.9 Å². The smallest absolute Gasteiger partial charge is 0.340 e. The molecule has 1 heterocycles. The lowest BCUT2D eigenvalue weighted by molar-refractivity contribution is -0.115. The minimum atomic E-state index is -1.18. The van der Waals surface area contributed by atoms with E-state index in [1.807, 2.05) is 30.3 Å². The van der Waals surface area contributed by atoms with Crippen LogP contribution in [0, 0.1) is 0 Å². The van der Waals surface area contributed by atoms with Gasteiger partial charge in [-0.25, -0.2) is 9.59 Å². The average molecular weight is 380 g/mol. The van der Waals surface area contributed by atoms with Gasteiger partial charge in [0, 0.05) is 23.7 Å². The summed E-state index contributed by atoms with van der Waals surface area (Å²) in [6, 6.07) is 12.5. The zero-order valence-electron chi connectivity index (χ0n) is 15.6. The van der Waals surface area contributed by atoms with Crippen molar-refractivity contribution >= 4 is 34.4 Å². The minimum absolute atomic E-state index is 0.0354. The van der Waals surface area contributed by atoms with Gasteiger partial charge in [-0.2, -0.15) is 0 Å². The maximum atomic E-state index is 12.7. The molecule has 28 heavy (non-hydrogen) atoms. The van der Waals surface area contributed by atoms with Crippen LogP contribution in [0.15, 0.2) is 48.7 Å². The zero-order chi connectivity index (χ0) is 20.3. The molecule has 7 nitrogen and oxygen atoms in total. The number of nitrogens with one attached hydrogen (secondary N) is 1. The van der Waals surface area contributed by atoms with Gasteiger partial charge in [0.1, 0.15) is 0 Å². The van der Waals surface area contributed by atoms with Crippen molar-refractivity contribution in [3.05, 3.63) is 59.8 Å². The molecule has 0 saturated heterocycles. The Kier molecular flexibility index (Phi) is 5.44. The molecule has 3 aromatic rings. The van der Waals surface area contributed by atoms with Crippen LogP contribution in [0.1, 0.15) is 41.0 Å². The number of rotatable bonds is 6. The number of carbonyl (C=O) groups is 3. The van der Waals surface area contributed by atoms with Crippen molar-refractivity contribution in [3.63, 3.8) is 0 Å². The van der Waals surface area contributed by atoms with Gasteiger partial charge in [-0.1, -0.05) is 25.1 Å². The highest BCUT2D eigenvalue weighted by Gasteiger charge is 2.25. The van der Waals surface area contributed by atoms with Gasteiger partial charge in [-0.05, 0) is 31.2 Å². The van der Waals surface area contributed by atoms with Crippen LogP contribution < -0.4 is 5.32 Å². The number of benzene rings is 2. The van der Waals surface area contributed by atoms with E-state index in [0.717, 1.165) is 5.69 Å². The number of hydrogen-bond donors (Lipinski definition) is 2. The van der Waals surface area contributed by atoms with E-state index in [1.54, 1.807) is 30.5 Å². The van der Waals surface area contributed by atoms with Crippen LogP contribution in [0.3, 0.4) is 0 Å². The van der Waals surface area contributed by atoms with Crippen LogP contribution in [0.25, 0.3) is 16.6 Å². The fraction of sp³-hybridized carbons (Fsp3) is 0.190. The molecule has 0 aliphatic carbocycles. The lowest BCUT2D eigenvalue weighted by atomic mass is 10.0. The molecule has 7 heteroatoms. The summed E-state index contributed by atoms with van der Waals surface area (Å²) in [7, 11) is 0. The van der Waals surface area contributed by atoms with Crippen molar-refractivity contribution in [2.45, 2.75) is 20.3 Å². The first-order valence-electron chi connectivity index (χ1n) is 8.91. The summed E-state index contributed by atoms with van der Waals surface area (Å²) in [5, 5.41) is 12.6. The van der Waals surface area contributed by atoms with Gasteiger partial charge in [0.25, 0.3) is 0 Å². The first-order chi connectivity index (χ1) is 13.5. The third kappa shape index (κ3) is 3.46. The number of para-hydroxylation sites is 1. The first kappa shape index (κ1) is 19.2. The van der Waals surface area contributed by atoms with Crippen LogP contribution in [0.4, 0.5) is 5.69 Å². The van der Waals surface area contributed by atoms with E-state index in [9.17, 15) is 19.5 Å². The Morgan fingerprint density at radius 3 is 2.39 bits per heavy atom. The van der Waals surface area contributed by atoms with Gasteiger partial charge >= 0.3 is 11.9 Å². The minimum Gasteiger partial charge on any atom is -0.478 e. The number of amides is 1. The van der Waals surface area contributed by atoms with Crippen molar-refractivity contribution in [3.8, 4) is 5.69 Å². The third-order valence-electron chi connectivity index (χ3n) is 4.31. The van der Waals surface area contributed by atoms with Crippen molar-refractivity contribution in [2.24, 2.45) is 0 Å². The maximum absolute atomic E-state index is 12.7. The summed E-state index contributed by atoms with van der Waals surface area (Å²) in [5.41, 5.74) is 1.50. The van der Waals surface area contributed by atoms with Crippen LogP contribution in [0.5, 0.6) is 0 Å². The summed E-state index contributed by atoms with van der Waals surface area (Å²) < 4.78 is 6.85. The Bertz CT molecular complexity index is 1050. The molecular formula is C21H20N2O5.